The van der Waals surface area contributed by atoms with Gasteiger partial charge in [-0.15, -0.1) is 0 Å². The van der Waals surface area contributed by atoms with Crippen LogP contribution in [0.2, 0.25) is 0 Å². The van der Waals surface area contributed by atoms with Crippen LogP contribution in [-0.2, 0) is 7.05 Å². The van der Waals surface area contributed by atoms with E-state index in [4.69, 9.17) is 5.73 Å². The van der Waals surface area contributed by atoms with Crippen LogP contribution in [0.25, 0.3) is 22.2 Å². The molecule has 5 rings (SSSR count). The van der Waals surface area contributed by atoms with Crippen molar-refractivity contribution in [1.29, 1.82) is 0 Å². The van der Waals surface area contributed by atoms with Gasteiger partial charge >= 0.3 is 6.03 Å². The molecule has 2 aromatic carbocycles. The van der Waals surface area contributed by atoms with Crippen molar-refractivity contribution in [3.63, 3.8) is 0 Å². The molecule has 3 heterocycles. The van der Waals surface area contributed by atoms with E-state index in [0.29, 0.717) is 27.8 Å². The number of halogens is 3. The number of carbonyl (C=O) groups excluding carboxylic acids is 1. The number of benzene rings is 2. The number of aromatic nitrogens is 3. The van der Waals surface area contributed by atoms with Crippen LogP contribution in [0.5, 0.6) is 0 Å². The summed E-state index contributed by atoms with van der Waals surface area (Å²) in [5, 5.41) is 0.539. The van der Waals surface area contributed by atoms with E-state index in [9.17, 15) is 13.6 Å². The van der Waals surface area contributed by atoms with E-state index < -0.39 is 29.5 Å². The highest BCUT2D eigenvalue weighted by Crippen LogP contribution is 2.37. The number of hydrogen-bond acceptors (Lipinski definition) is 4. The van der Waals surface area contributed by atoms with Gasteiger partial charge in [0.05, 0.1) is 18.0 Å². The van der Waals surface area contributed by atoms with Gasteiger partial charge in [0, 0.05) is 43.2 Å². The molecule has 0 spiro atoms. The number of likely N-dealkylation sites (N-methyl/N-ethyl adjacent to an activating group) is 1. The Morgan fingerprint density at radius 1 is 1.00 bits per heavy atom. The number of rotatable bonds is 3. The normalized spacial score (nSPS) is 16.3. The highest BCUT2D eigenvalue weighted by Gasteiger charge is 2.37. The highest BCUT2D eigenvalue weighted by molar-refractivity contribution is 6.01. The Bertz CT molecular complexity index is 1400. The van der Waals surface area contributed by atoms with Gasteiger partial charge in [0.15, 0.2) is 0 Å². The molecule has 4 aromatic rings. The molecule has 1 aliphatic heterocycles. The Labute approximate surface area is 186 Å². The second-order valence-corrected chi connectivity index (χ2v) is 8.00. The Morgan fingerprint density at radius 3 is 2.42 bits per heavy atom. The van der Waals surface area contributed by atoms with Crippen LogP contribution in [0.3, 0.4) is 0 Å². The van der Waals surface area contributed by atoms with Gasteiger partial charge in [-0.3, -0.25) is 4.90 Å². The predicted molar refractivity (Wildman–Crippen MR) is 118 cm³/mol. The van der Waals surface area contributed by atoms with Crippen molar-refractivity contribution in [2.45, 2.75) is 6.04 Å². The first-order valence-corrected chi connectivity index (χ1v) is 10.1. The van der Waals surface area contributed by atoms with Gasteiger partial charge in [-0.1, -0.05) is 0 Å². The number of nitrogens with two attached hydrogens (primary N) is 1. The molecule has 7 nitrogen and oxygen atoms in total. The fourth-order valence-electron chi connectivity index (χ4n) is 4.34. The quantitative estimate of drug-likeness (QED) is 0.504. The summed E-state index contributed by atoms with van der Waals surface area (Å²) in [6.07, 6.45) is 3.06. The standard InChI is InChI=1S/C23H19F3N6O/c1-30-9-17(20-21(27)28-11-29-22(20)30)16-4-3-15(8-18(16)26)32-10-19(31(2)23(32)33)12-5-13(24)7-14(25)6-12/h3-9,11,19H,10H2,1-2H3,(H2,27,28,29). The third-order valence-corrected chi connectivity index (χ3v) is 5.96. The summed E-state index contributed by atoms with van der Waals surface area (Å²) in [5.41, 5.74) is 8.07. The van der Waals surface area contributed by atoms with Crippen molar-refractivity contribution in [2.75, 3.05) is 24.2 Å². The maximum atomic E-state index is 15.3. The summed E-state index contributed by atoms with van der Waals surface area (Å²) in [6, 6.07) is 6.62. The summed E-state index contributed by atoms with van der Waals surface area (Å²) >= 11 is 0. The monoisotopic (exact) mass is 452 g/mol. The van der Waals surface area contributed by atoms with Crippen molar-refractivity contribution < 1.29 is 18.0 Å². The zero-order valence-electron chi connectivity index (χ0n) is 17.8. The molecule has 1 saturated heterocycles. The number of hydrogen-bond donors (Lipinski definition) is 1. The van der Waals surface area contributed by atoms with Crippen LogP contribution in [-0.4, -0.2) is 39.1 Å². The summed E-state index contributed by atoms with van der Waals surface area (Å²) in [4.78, 5) is 23.8. The number of anilines is 2. The number of urea groups is 1. The van der Waals surface area contributed by atoms with Crippen molar-refractivity contribution in [1.82, 2.24) is 19.4 Å². The molecule has 0 bridgehead atoms. The molecule has 1 unspecified atom stereocenters. The first-order chi connectivity index (χ1) is 15.7. The second-order valence-electron chi connectivity index (χ2n) is 8.00. The van der Waals surface area contributed by atoms with Gasteiger partial charge < -0.3 is 15.2 Å². The van der Waals surface area contributed by atoms with Crippen molar-refractivity contribution in [2.24, 2.45) is 7.05 Å². The molecular formula is C23H19F3N6O. The van der Waals surface area contributed by atoms with Gasteiger partial charge in [-0.25, -0.2) is 27.9 Å². The Hall–Kier alpha value is -4.08. The van der Waals surface area contributed by atoms with Crippen LogP contribution in [0.1, 0.15) is 11.6 Å². The molecule has 1 aliphatic rings. The van der Waals surface area contributed by atoms with Gasteiger partial charge in [-0.05, 0) is 35.9 Å². The smallest absolute Gasteiger partial charge is 0.324 e. The first kappa shape index (κ1) is 20.8. The molecular weight excluding hydrogens is 433 g/mol. The molecule has 168 valence electrons. The second kappa shape index (κ2) is 7.51. The fraction of sp³-hybridized carbons (Fsp3) is 0.174. The number of fused-ring (bicyclic) bond motifs is 1. The lowest BCUT2D eigenvalue weighted by Crippen LogP contribution is -2.29. The first-order valence-electron chi connectivity index (χ1n) is 10.1. The maximum absolute atomic E-state index is 15.3. The van der Waals surface area contributed by atoms with E-state index >= 15 is 4.39 Å². The van der Waals surface area contributed by atoms with Crippen molar-refractivity contribution in [3.05, 3.63) is 71.9 Å². The van der Waals surface area contributed by atoms with Crippen molar-refractivity contribution in [3.8, 4) is 11.1 Å². The minimum absolute atomic E-state index is 0.117. The van der Waals surface area contributed by atoms with E-state index in [1.54, 1.807) is 37.0 Å². The minimum atomic E-state index is -0.724. The Balaban J connectivity index is 1.51. The van der Waals surface area contributed by atoms with Crippen LogP contribution in [0.4, 0.5) is 29.5 Å². The third-order valence-electron chi connectivity index (χ3n) is 5.96. The number of nitrogens with zero attached hydrogens (tertiary/aromatic N) is 5. The minimum Gasteiger partial charge on any atom is -0.383 e. The van der Waals surface area contributed by atoms with E-state index in [1.807, 2.05) is 0 Å². The number of nitrogen functional groups attached to an aromatic ring is 1. The zero-order valence-corrected chi connectivity index (χ0v) is 17.8. The molecule has 0 radical (unpaired) electrons. The molecule has 33 heavy (non-hydrogen) atoms. The Kier molecular flexibility index (Phi) is 4.73. The van der Waals surface area contributed by atoms with E-state index in [-0.39, 0.29) is 17.9 Å². The SMILES string of the molecule is CN1C(=O)N(c2ccc(-c3cn(C)c4ncnc(N)c34)c(F)c2)CC1c1cc(F)cc(F)c1. The lowest BCUT2D eigenvalue weighted by Gasteiger charge is -2.18. The maximum Gasteiger partial charge on any atom is 0.324 e. The van der Waals surface area contributed by atoms with Crippen LogP contribution in [0, 0.1) is 17.5 Å². The van der Waals surface area contributed by atoms with Gasteiger partial charge in [0.2, 0.25) is 0 Å². The molecule has 0 saturated carbocycles. The summed E-state index contributed by atoms with van der Waals surface area (Å²) in [5.74, 6) is -1.77. The van der Waals surface area contributed by atoms with E-state index in [1.165, 1.54) is 34.3 Å². The van der Waals surface area contributed by atoms with Gasteiger partial charge in [0.25, 0.3) is 0 Å². The molecule has 1 atom stereocenters. The average Bonchev–Trinajstić information content (AvgIpc) is 3.25. The van der Waals surface area contributed by atoms with Gasteiger partial charge in [-0.2, -0.15) is 0 Å². The predicted octanol–water partition coefficient (Wildman–Crippen LogP) is 4.25. The Morgan fingerprint density at radius 2 is 1.73 bits per heavy atom. The molecule has 2 amide bonds. The lowest BCUT2D eigenvalue weighted by atomic mass is 10.0. The topological polar surface area (TPSA) is 80.3 Å². The fourth-order valence-corrected chi connectivity index (χ4v) is 4.34. The molecule has 0 aliphatic carbocycles. The van der Waals surface area contributed by atoms with Crippen LogP contribution in [0.15, 0.2) is 48.9 Å². The van der Waals surface area contributed by atoms with E-state index in [0.717, 1.165) is 6.07 Å². The van der Waals surface area contributed by atoms with Crippen LogP contribution >= 0.6 is 0 Å². The number of amides is 2. The number of aryl methyl sites for hydroxylation is 1. The largest absolute Gasteiger partial charge is 0.383 e. The lowest BCUT2D eigenvalue weighted by molar-refractivity contribution is 0.219. The third kappa shape index (κ3) is 3.34. The summed E-state index contributed by atoms with van der Waals surface area (Å²) in [6.45, 7) is 0.117. The van der Waals surface area contributed by atoms with Crippen molar-refractivity contribution >= 4 is 28.6 Å². The van der Waals surface area contributed by atoms with E-state index in [2.05, 4.69) is 9.97 Å². The molecule has 2 aromatic heterocycles. The highest BCUT2D eigenvalue weighted by atomic mass is 19.1. The molecule has 1 fully saturated rings. The zero-order chi connectivity index (χ0) is 23.4. The molecule has 10 heteroatoms. The van der Waals surface area contributed by atoms with Gasteiger partial charge in [0.1, 0.15) is 35.2 Å². The molecule has 2 N–H and O–H groups in total. The average molecular weight is 452 g/mol. The summed E-state index contributed by atoms with van der Waals surface area (Å²) < 4.78 is 44.4. The van der Waals surface area contributed by atoms with Crippen LogP contribution < -0.4 is 10.6 Å². The summed E-state index contributed by atoms with van der Waals surface area (Å²) in [7, 11) is 3.32. The number of carbonyl (C=O) groups is 1.